The first-order chi connectivity index (χ1) is 9.60. The Morgan fingerprint density at radius 2 is 1.85 bits per heavy atom. The van der Waals surface area contributed by atoms with Crippen molar-refractivity contribution in [3.05, 3.63) is 28.9 Å². The fraction of sp³-hybridized carbons (Fsp3) is 0.286. The molecule has 6 heteroatoms. The van der Waals surface area contributed by atoms with Crippen LogP contribution in [0, 0.1) is 0 Å². The van der Waals surface area contributed by atoms with Gasteiger partial charge in [0.05, 0.1) is 43.9 Å². The van der Waals surface area contributed by atoms with Crippen molar-refractivity contribution in [1.29, 1.82) is 0 Å². The number of carbonyl (C=O) groups is 1. The van der Waals surface area contributed by atoms with Crippen molar-refractivity contribution in [1.82, 2.24) is 4.98 Å². The summed E-state index contributed by atoms with van der Waals surface area (Å²) >= 11 is 6.27. The molecule has 0 fully saturated rings. The minimum absolute atomic E-state index is 0.0481. The molecule has 0 saturated carbocycles. The van der Waals surface area contributed by atoms with E-state index < -0.39 is 0 Å². The fourth-order valence-corrected chi connectivity index (χ4v) is 2.24. The lowest BCUT2D eigenvalue weighted by Crippen LogP contribution is -2.06. The van der Waals surface area contributed by atoms with Crippen molar-refractivity contribution < 1.29 is 19.0 Å². The van der Waals surface area contributed by atoms with Gasteiger partial charge in [-0.2, -0.15) is 0 Å². The zero-order valence-electron chi connectivity index (χ0n) is 11.4. The Kier molecular flexibility index (Phi) is 4.29. The zero-order valence-corrected chi connectivity index (χ0v) is 12.2. The summed E-state index contributed by atoms with van der Waals surface area (Å²) in [4.78, 5) is 15.8. The molecule has 0 atom stereocenters. The third-order valence-electron chi connectivity index (χ3n) is 2.88. The van der Waals surface area contributed by atoms with Gasteiger partial charge in [-0.05, 0) is 18.2 Å². The van der Waals surface area contributed by atoms with E-state index >= 15 is 0 Å². The molecule has 0 saturated heterocycles. The highest BCUT2D eigenvalue weighted by atomic mass is 35.5. The first-order valence-corrected chi connectivity index (χ1v) is 6.25. The molecular formula is C14H14ClNO4. The van der Waals surface area contributed by atoms with Crippen molar-refractivity contribution >= 4 is 28.5 Å². The van der Waals surface area contributed by atoms with Crippen molar-refractivity contribution in [3.63, 3.8) is 0 Å². The molecule has 106 valence electrons. The molecule has 0 unspecified atom stereocenters. The van der Waals surface area contributed by atoms with E-state index in [1.165, 1.54) is 7.11 Å². The van der Waals surface area contributed by atoms with Gasteiger partial charge in [0.1, 0.15) is 17.0 Å². The molecule has 5 nitrogen and oxygen atoms in total. The van der Waals surface area contributed by atoms with E-state index in [2.05, 4.69) is 9.72 Å². The minimum atomic E-state index is -0.380. The molecule has 2 rings (SSSR count). The predicted octanol–water partition coefficient (Wildman–Crippen LogP) is 2.62. The average molecular weight is 296 g/mol. The van der Waals surface area contributed by atoms with Crippen molar-refractivity contribution in [2.24, 2.45) is 0 Å². The maximum Gasteiger partial charge on any atom is 0.311 e. The number of pyridine rings is 1. The average Bonchev–Trinajstić information content (AvgIpc) is 2.45. The van der Waals surface area contributed by atoms with Gasteiger partial charge in [-0.1, -0.05) is 11.6 Å². The fourth-order valence-electron chi connectivity index (χ4n) is 1.94. The van der Waals surface area contributed by atoms with Gasteiger partial charge in [0.25, 0.3) is 0 Å². The number of methoxy groups -OCH3 is 3. The Balaban J connectivity index is 2.65. The van der Waals surface area contributed by atoms with Gasteiger partial charge in [-0.15, -0.1) is 0 Å². The van der Waals surface area contributed by atoms with Crippen molar-refractivity contribution in [2.75, 3.05) is 21.3 Å². The van der Waals surface area contributed by atoms with Crippen LogP contribution < -0.4 is 9.47 Å². The van der Waals surface area contributed by atoms with Crippen molar-refractivity contribution in [3.8, 4) is 11.5 Å². The highest BCUT2D eigenvalue weighted by Crippen LogP contribution is 2.36. The summed E-state index contributed by atoms with van der Waals surface area (Å²) in [5.41, 5.74) is 1.07. The van der Waals surface area contributed by atoms with Crippen LogP contribution in [-0.4, -0.2) is 32.3 Å². The first-order valence-electron chi connectivity index (χ1n) is 5.87. The molecule has 20 heavy (non-hydrogen) atoms. The monoisotopic (exact) mass is 295 g/mol. The normalized spacial score (nSPS) is 10.4. The number of aromatic nitrogens is 1. The minimum Gasteiger partial charge on any atom is -0.496 e. The van der Waals surface area contributed by atoms with Crippen LogP contribution >= 0.6 is 11.6 Å². The second-order valence-corrected chi connectivity index (χ2v) is 4.45. The van der Waals surface area contributed by atoms with Crippen LogP contribution in [0.5, 0.6) is 11.5 Å². The molecule has 1 aromatic carbocycles. The van der Waals surface area contributed by atoms with E-state index in [1.807, 2.05) is 0 Å². The van der Waals surface area contributed by atoms with Gasteiger partial charge in [0.2, 0.25) is 0 Å². The molecule has 0 radical (unpaired) electrons. The van der Waals surface area contributed by atoms with E-state index in [0.29, 0.717) is 33.1 Å². The molecule has 0 aliphatic heterocycles. The van der Waals surface area contributed by atoms with Gasteiger partial charge in [-0.25, -0.2) is 4.98 Å². The highest BCUT2D eigenvalue weighted by Gasteiger charge is 2.15. The molecule has 1 aromatic heterocycles. The second kappa shape index (κ2) is 5.96. The Morgan fingerprint density at radius 1 is 1.20 bits per heavy atom. The second-order valence-electron chi connectivity index (χ2n) is 4.04. The molecule has 0 amide bonds. The zero-order chi connectivity index (χ0) is 14.7. The highest BCUT2D eigenvalue weighted by molar-refractivity contribution is 6.36. The number of benzene rings is 1. The quantitative estimate of drug-likeness (QED) is 0.812. The molecule has 1 heterocycles. The maximum atomic E-state index is 11.3. The number of hydrogen-bond acceptors (Lipinski definition) is 5. The molecule has 0 spiro atoms. The molecule has 0 bridgehead atoms. The van der Waals surface area contributed by atoms with Crippen LogP contribution in [0.4, 0.5) is 0 Å². The maximum absolute atomic E-state index is 11.3. The summed E-state index contributed by atoms with van der Waals surface area (Å²) in [5, 5.41) is 1.10. The number of esters is 1. The molecular weight excluding hydrogens is 282 g/mol. The first kappa shape index (κ1) is 14.4. The summed E-state index contributed by atoms with van der Waals surface area (Å²) in [5.74, 6) is 0.784. The smallest absolute Gasteiger partial charge is 0.311 e. The lowest BCUT2D eigenvalue weighted by molar-refractivity contribution is -0.139. The number of rotatable bonds is 4. The summed E-state index contributed by atoms with van der Waals surface area (Å²) in [6.45, 7) is 0. The lowest BCUT2D eigenvalue weighted by Gasteiger charge is -2.11. The number of halogens is 1. The number of ether oxygens (including phenoxy) is 3. The summed E-state index contributed by atoms with van der Waals surface area (Å²) in [6.07, 6.45) is 0.0481. The molecule has 2 aromatic rings. The van der Waals surface area contributed by atoms with E-state index in [4.69, 9.17) is 21.1 Å². The molecule has 0 N–H and O–H groups in total. The van der Waals surface area contributed by atoms with E-state index in [9.17, 15) is 4.79 Å². The Labute approximate surface area is 121 Å². The van der Waals surface area contributed by atoms with Crippen LogP contribution in [-0.2, 0) is 16.0 Å². The number of nitrogens with zero attached hydrogens (tertiary/aromatic N) is 1. The van der Waals surface area contributed by atoms with E-state index in [1.54, 1.807) is 32.4 Å². The topological polar surface area (TPSA) is 57.7 Å². The summed E-state index contributed by atoms with van der Waals surface area (Å²) in [6, 6.07) is 5.13. The number of hydrogen-bond donors (Lipinski definition) is 0. The Hall–Kier alpha value is -2.01. The van der Waals surface area contributed by atoms with Gasteiger partial charge >= 0.3 is 5.97 Å². The van der Waals surface area contributed by atoms with Gasteiger partial charge in [0, 0.05) is 0 Å². The Bertz CT molecular complexity index is 657. The van der Waals surface area contributed by atoms with Crippen LogP contribution in [0.15, 0.2) is 18.2 Å². The molecule has 0 aliphatic rings. The number of fused-ring (bicyclic) bond motifs is 1. The van der Waals surface area contributed by atoms with Gasteiger partial charge in [-0.3, -0.25) is 4.79 Å². The standard InChI is InChI=1S/C14H14ClNO4/c1-18-10-4-5-11(19-2)14-13(10)9(15)6-8(16-14)7-12(17)20-3/h4-6H,7H2,1-3H3. The van der Waals surface area contributed by atoms with Crippen LogP contribution in [0.3, 0.4) is 0 Å². The van der Waals surface area contributed by atoms with Crippen LogP contribution in [0.25, 0.3) is 10.9 Å². The lowest BCUT2D eigenvalue weighted by atomic mass is 10.1. The Morgan fingerprint density at radius 3 is 2.45 bits per heavy atom. The summed E-state index contributed by atoms with van der Waals surface area (Å²) < 4.78 is 15.2. The predicted molar refractivity (Wildman–Crippen MR) is 75.6 cm³/mol. The van der Waals surface area contributed by atoms with E-state index in [-0.39, 0.29) is 12.4 Å². The van der Waals surface area contributed by atoms with Gasteiger partial charge in [0.15, 0.2) is 0 Å². The van der Waals surface area contributed by atoms with Crippen molar-refractivity contribution in [2.45, 2.75) is 6.42 Å². The third-order valence-corrected chi connectivity index (χ3v) is 3.18. The third kappa shape index (κ3) is 2.63. The van der Waals surface area contributed by atoms with Crippen LogP contribution in [0.2, 0.25) is 5.02 Å². The summed E-state index contributed by atoms with van der Waals surface area (Å²) in [7, 11) is 4.43. The van der Waals surface area contributed by atoms with Crippen LogP contribution in [0.1, 0.15) is 5.69 Å². The number of carbonyl (C=O) groups excluding carboxylic acids is 1. The molecule has 0 aliphatic carbocycles. The largest absolute Gasteiger partial charge is 0.496 e. The SMILES string of the molecule is COC(=O)Cc1cc(Cl)c2c(OC)ccc(OC)c2n1. The van der Waals surface area contributed by atoms with Gasteiger partial charge < -0.3 is 14.2 Å². The van der Waals surface area contributed by atoms with E-state index in [0.717, 1.165) is 0 Å².